The van der Waals surface area contributed by atoms with Crippen LogP contribution in [0.4, 0.5) is 0 Å². The molecule has 0 unspecified atom stereocenters. The summed E-state index contributed by atoms with van der Waals surface area (Å²) >= 11 is 0. The van der Waals surface area contributed by atoms with Gasteiger partial charge in [0.1, 0.15) is 0 Å². The Kier molecular flexibility index (Phi) is 5.28. The van der Waals surface area contributed by atoms with Crippen molar-refractivity contribution in [1.82, 2.24) is 10.2 Å². The zero-order valence-corrected chi connectivity index (χ0v) is 14.0. The number of aromatic hydroxyl groups is 1. The lowest BCUT2D eigenvalue weighted by Gasteiger charge is -2.03. The van der Waals surface area contributed by atoms with Gasteiger partial charge in [-0.05, 0) is 35.9 Å². The molecule has 0 spiro atoms. The first-order valence-corrected chi connectivity index (χ1v) is 7.75. The Bertz CT molecular complexity index is 919. The Labute approximate surface area is 149 Å². The number of rotatable bonds is 6. The maximum atomic E-state index is 11.8. The van der Waals surface area contributed by atoms with Gasteiger partial charge < -0.3 is 19.0 Å². The van der Waals surface area contributed by atoms with Gasteiger partial charge in [0.05, 0.1) is 7.11 Å². The molecular formula is C19H16N2O5. The van der Waals surface area contributed by atoms with Crippen LogP contribution in [0.1, 0.15) is 11.5 Å². The zero-order valence-electron chi connectivity index (χ0n) is 14.0. The van der Waals surface area contributed by atoms with Gasteiger partial charge in [-0.1, -0.05) is 24.3 Å². The fraction of sp³-hybridized carbons (Fsp3) is 0.105. The van der Waals surface area contributed by atoms with E-state index in [0.717, 1.165) is 5.56 Å². The number of aromatic nitrogens is 2. The molecule has 2 aromatic carbocycles. The van der Waals surface area contributed by atoms with Gasteiger partial charge in [0.2, 0.25) is 5.89 Å². The number of methoxy groups -OCH3 is 1. The van der Waals surface area contributed by atoms with Crippen molar-refractivity contribution in [3.05, 3.63) is 66.1 Å². The predicted molar refractivity (Wildman–Crippen MR) is 93.2 cm³/mol. The molecule has 0 aliphatic rings. The number of carbonyl (C=O) groups is 1. The molecule has 7 nitrogen and oxygen atoms in total. The molecule has 1 heterocycles. The average molecular weight is 352 g/mol. The van der Waals surface area contributed by atoms with Crippen molar-refractivity contribution >= 4 is 12.0 Å². The number of phenols is 1. The van der Waals surface area contributed by atoms with Crippen molar-refractivity contribution in [2.24, 2.45) is 0 Å². The standard InChI is InChI=1S/C19H16N2O5/c1-24-16-11-13(7-9-15(16)22)8-10-18(23)25-12-17-20-21-19(26-17)14-5-3-2-4-6-14/h2-11,22H,12H2,1H3/b10-8+. The predicted octanol–water partition coefficient (Wildman–Crippen LogP) is 3.21. The van der Waals surface area contributed by atoms with E-state index in [1.807, 2.05) is 30.3 Å². The fourth-order valence-electron chi connectivity index (χ4n) is 2.15. The molecule has 0 saturated carbocycles. The topological polar surface area (TPSA) is 94.7 Å². The van der Waals surface area contributed by atoms with Crippen LogP contribution >= 0.6 is 0 Å². The number of nitrogens with zero attached hydrogens (tertiary/aromatic N) is 2. The summed E-state index contributed by atoms with van der Waals surface area (Å²) in [7, 11) is 1.45. The molecule has 0 amide bonds. The minimum atomic E-state index is -0.559. The molecule has 7 heteroatoms. The Balaban J connectivity index is 1.57. The summed E-state index contributed by atoms with van der Waals surface area (Å²) in [6.45, 7) is -0.123. The maximum absolute atomic E-state index is 11.8. The van der Waals surface area contributed by atoms with Crippen LogP contribution in [0.2, 0.25) is 0 Å². The summed E-state index contributed by atoms with van der Waals surface area (Å²) in [5.74, 6) is 0.356. The summed E-state index contributed by atoms with van der Waals surface area (Å²) in [4.78, 5) is 11.8. The van der Waals surface area contributed by atoms with Crippen LogP contribution in [0.3, 0.4) is 0 Å². The molecule has 3 rings (SSSR count). The normalized spacial score (nSPS) is 10.8. The summed E-state index contributed by atoms with van der Waals surface area (Å²) in [5, 5.41) is 17.3. The summed E-state index contributed by atoms with van der Waals surface area (Å²) in [6, 6.07) is 14.0. The van der Waals surface area contributed by atoms with Crippen molar-refractivity contribution in [2.75, 3.05) is 7.11 Å². The summed E-state index contributed by atoms with van der Waals surface area (Å²) < 4.78 is 15.5. The number of ether oxygens (including phenoxy) is 2. The lowest BCUT2D eigenvalue weighted by Crippen LogP contribution is -2.00. The lowest BCUT2D eigenvalue weighted by atomic mass is 10.2. The van der Waals surface area contributed by atoms with Gasteiger partial charge in [-0.25, -0.2) is 4.79 Å². The first kappa shape index (κ1) is 17.2. The summed E-state index contributed by atoms with van der Waals surface area (Å²) in [6.07, 6.45) is 2.81. The van der Waals surface area contributed by atoms with E-state index >= 15 is 0 Å². The van der Waals surface area contributed by atoms with Gasteiger partial charge in [-0.15, -0.1) is 10.2 Å². The first-order chi connectivity index (χ1) is 12.7. The highest BCUT2D eigenvalue weighted by atomic mass is 16.5. The van der Waals surface area contributed by atoms with Crippen LogP contribution in [0.25, 0.3) is 17.5 Å². The third-order valence-electron chi connectivity index (χ3n) is 3.44. The van der Waals surface area contributed by atoms with E-state index < -0.39 is 5.97 Å². The van der Waals surface area contributed by atoms with Crippen LogP contribution in [-0.4, -0.2) is 28.4 Å². The first-order valence-electron chi connectivity index (χ1n) is 7.75. The molecule has 1 N–H and O–H groups in total. The van der Waals surface area contributed by atoms with E-state index in [2.05, 4.69) is 10.2 Å². The number of hydrogen-bond acceptors (Lipinski definition) is 7. The van der Waals surface area contributed by atoms with Crippen LogP contribution < -0.4 is 4.74 Å². The van der Waals surface area contributed by atoms with Gasteiger partial charge in [0.25, 0.3) is 5.89 Å². The number of esters is 1. The van der Waals surface area contributed by atoms with Crippen LogP contribution in [0, 0.1) is 0 Å². The SMILES string of the molecule is COc1cc(/C=C/C(=O)OCc2nnc(-c3ccccc3)o2)ccc1O. The molecular weight excluding hydrogens is 336 g/mol. The van der Waals surface area contributed by atoms with Crippen molar-refractivity contribution in [1.29, 1.82) is 0 Å². The molecule has 0 aliphatic carbocycles. The summed E-state index contributed by atoms with van der Waals surface area (Å²) in [5.41, 5.74) is 1.47. The Hall–Kier alpha value is -3.61. The van der Waals surface area contributed by atoms with E-state index in [1.54, 1.807) is 18.2 Å². The molecule has 132 valence electrons. The van der Waals surface area contributed by atoms with E-state index in [0.29, 0.717) is 17.2 Å². The van der Waals surface area contributed by atoms with E-state index in [9.17, 15) is 9.90 Å². The molecule has 1 aromatic heterocycles. The van der Waals surface area contributed by atoms with Gasteiger partial charge in [0, 0.05) is 11.6 Å². The largest absolute Gasteiger partial charge is 0.504 e. The molecule has 0 aliphatic heterocycles. The van der Waals surface area contributed by atoms with Crippen molar-refractivity contribution in [2.45, 2.75) is 6.61 Å². The van der Waals surface area contributed by atoms with Crippen LogP contribution in [0.15, 0.2) is 59.0 Å². The van der Waals surface area contributed by atoms with Gasteiger partial charge in [-0.3, -0.25) is 0 Å². The number of benzene rings is 2. The second kappa shape index (κ2) is 7.98. The molecule has 0 saturated heterocycles. The van der Waals surface area contributed by atoms with E-state index in [1.165, 1.54) is 19.3 Å². The Morgan fingerprint density at radius 2 is 2.00 bits per heavy atom. The molecule has 26 heavy (non-hydrogen) atoms. The number of carbonyl (C=O) groups excluding carboxylic acids is 1. The van der Waals surface area contributed by atoms with Gasteiger partial charge >= 0.3 is 5.97 Å². The highest BCUT2D eigenvalue weighted by Gasteiger charge is 2.09. The smallest absolute Gasteiger partial charge is 0.331 e. The monoisotopic (exact) mass is 352 g/mol. The van der Waals surface area contributed by atoms with Crippen LogP contribution in [0.5, 0.6) is 11.5 Å². The van der Waals surface area contributed by atoms with E-state index in [4.69, 9.17) is 13.9 Å². The van der Waals surface area contributed by atoms with E-state index in [-0.39, 0.29) is 18.2 Å². The quantitative estimate of drug-likeness (QED) is 0.537. The van der Waals surface area contributed by atoms with Crippen molar-refractivity contribution in [3.63, 3.8) is 0 Å². The molecule has 3 aromatic rings. The number of hydrogen-bond donors (Lipinski definition) is 1. The second-order valence-corrected chi connectivity index (χ2v) is 5.24. The third-order valence-corrected chi connectivity index (χ3v) is 3.44. The van der Waals surface area contributed by atoms with Gasteiger partial charge in [0.15, 0.2) is 18.1 Å². The van der Waals surface area contributed by atoms with Crippen molar-refractivity contribution < 1.29 is 23.8 Å². The maximum Gasteiger partial charge on any atom is 0.331 e. The highest BCUT2D eigenvalue weighted by molar-refractivity contribution is 5.87. The minimum Gasteiger partial charge on any atom is -0.504 e. The fourth-order valence-corrected chi connectivity index (χ4v) is 2.15. The second-order valence-electron chi connectivity index (χ2n) is 5.24. The minimum absolute atomic E-state index is 0.0258. The lowest BCUT2D eigenvalue weighted by molar-refractivity contribution is -0.139. The number of phenolic OH excluding ortho intramolecular Hbond substituents is 1. The average Bonchev–Trinajstić information content (AvgIpc) is 3.15. The van der Waals surface area contributed by atoms with Gasteiger partial charge in [-0.2, -0.15) is 0 Å². The third kappa shape index (κ3) is 4.27. The Morgan fingerprint density at radius 3 is 2.77 bits per heavy atom. The molecule has 0 radical (unpaired) electrons. The van der Waals surface area contributed by atoms with Crippen LogP contribution in [-0.2, 0) is 16.1 Å². The zero-order chi connectivity index (χ0) is 18.4. The molecule has 0 bridgehead atoms. The molecule has 0 atom stereocenters. The molecule has 0 fully saturated rings. The van der Waals surface area contributed by atoms with Crippen molar-refractivity contribution in [3.8, 4) is 23.0 Å². The highest BCUT2D eigenvalue weighted by Crippen LogP contribution is 2.26. The Morgan fingerprint density at radius 1 is 1.19 bits per heavy atom.